The number of carbonyl (C=O) groups excluding carboxylic acids is 1. The highest BCUT2D eigenvalue weighted by Gasteiger charge is 2.65. The molecular weight excluding hydrogens is 252 g/mol. The van der Waals surface area contributed by atoms with Gasteiger partial charge in [-0.1, -0.05) is 26.0 Å². The van der Waals surface area contributed by atoms with E-state index in [1.807, 2.05) is 6.08 Å². The summed E-state index contributed by atoms with van der Waals surface area (Å²) < 4.78 is 0. The van der Waals surface area contributed by atoms with E-state index in [9.17, 15) is 15.0 Å². The van der Waals surface area contributed by atoms with E-state index in [4.69, 9.17) is 0 Å². The average molecular weight is 272 g/mol. The Balaban J connectivity index is 2.04. The van der Waals surface area contributed by atoms with E-state index in [-0.39, 0.29) is 28.8 Å². The minimum atomic E-state index is -1.26. The molecule has 3 fully saturated rings. The quantitative estimate of drug-likeness (QED) is 0.773. The molecule has 0 heterocycles. The Morgan fingerprint density at radius 1 is 1.20 bits per heavy atom. The molecule has 3 saturated carbocycles. The molecule has 3 unspecified atom stereocenters. The number of Topliss-reactive ketones (excluding diaryl/α,β-unsaturated/α-hetero) is 1. The number of fused-ring (bicyclic) bond motifs is 2. The van der Waals surface area contributed by atoms with Gasteiger partial charge in [0.15, 0.2) is 5.78 Å². The molecular formula is C17H20O3. The predicted molar refractivity (Wildman–Crippen MR) is 77.1 cm³/mol. The minimum absolute atomic E-state index is 0.0415. The largest absolute Gasteiger partial charge is 0.508 e. The van der Waals surface area contributed by atoms with Crippen LogP contribution in [0.3, 0.4) is 0 Å². The van der Waals surface area contributed by atoms with E-state index in [1.165, 1.54) is 0 Å². The minimum Gasteiger partial charge on any atom is -0.508 e. The maximum atomic E-state index is 12.5. The molecule has 106 valence electrons. The van der Waals surface area contributed by atoms with Gasteiger partial charge in [-0.05, 0) is 48.4 Å². The molecule has 3 heteroatoms. The van der Waals surface area contributed by atoms with Gasteiger partial charge < -0.3 is 10.2 Å². The lowest BCUT2D eigenvalue weighted by Gasteiger charge is -2.62. The number of phenols is 1. The number of hydrogen-bond acceptors (Lipinski definition) is 3. The maximum Gasteiger partial charge on any atom is 0.190 e. The zero-order valence-corrected chi connectivity index (χ0v) is 12.1. The van der Waals surface area contributed by atoms with Gasteiger partial charge in [-0.15, -0.1) is 0 Å². The van der Waals surface area contributed by atoms with Gasteiger partial charge in [0.1, 0.15) is 11.4 Å². The number of aliphatic hydroxyl groups is 1. The maximum absolute atomic E-state index is 12.5. The van der Waals surface area contributed by atoms with Crippen molar-refractivity contribution in [3.63, 3.8) is 0 Å². The molecule has 1 aromatic rings. The molecule has 20 heavy (non-hydrogen) atoms. The first-order valence-electron chi connectivity index (χ1n) is 7.02. The van der Waals surface area contributed by atoms with Crippen molar-refractivity contribution in [1.82, 2.24) is 0 Å². The predicted octanol–water partition coefficient (Wildman–Crippen LogP) is 2.77. The van der Waals surface area contributed by atoms with Crippen LogP contribution >= 0.6 is 0 Å². The van der Waals surface area contributed by atoms with Crippen molar-refractivity contribution in [2.75, 3.05) is 0 Å². The molecule has 0 saturated heterocycles. The van der Waals surface area contributed by atoms with Gasteiger partial charge in [0.2, 0.25) is 0 Å². The fraction of sp³-hybridized carbons (Fsp3) is 0.471. The molecule has 0 aromatic heterocycles. The second-order valence-corrected chi connectivity index (χ2v) is 6.83. The Morgan fingerprint density at radius 2 is 1.80 bits per heavy atom. The molecule has 0 radical (unpaired) electrons. The summed E-state index contributed by atoms with van der Waals surface area (Å²) in [7, 11) is 0. The molecule has 2 N–H and O–H groups in total. The van der Waals surface area contributed by atoms with Gasteiger partial charge >= 0.3 is 0 Å². The third-order valence-corrected chi connectivity index (χ3v) is 5.26. The first-order chi connectivity index (χ1) is 9.24. The first-order valence-corrected chi connectivity index (χ1v) is 7.02. The molecule has 4 rings (SSSR count). The average Bonchev–Trinajstić information content (AvgIpc) is 2.36. The van der Waals surface area contributed by atoms with E-state index in [2.05, 4.69) is 13.8 Å². The van der Waals surface area contributed by atoms with Crippen molar-refractivity contribution in [2.24, 2.45) is 17.3 Å². The molecule has 2 bridgehead atoms. The van der Waals surface area contributed by atoms with Gasteiger partial charge in [0.05, 0.1) is 0 Å². The van der Waals surface area contributed by atoms with E-state index in [0.29, 0.717) is 5.57 Å². The van der Waals surface area contributed by atoms with Crippen LogP contribution in [0.5, 0.6) is 5.75 Å². The summed E-state index contributed by atoms with van der Waals surface area (Å²) in [6.07, 6.45) is 2.73. The van der Waals surface area contributed by atoms with Gasteiger partial charge in [-0.2, -0.15) is 0 Å². The van der Waals surface area contributed by atoms with E-state index < -0.39 is 5.60 Å². The van der Waals surface area contributed by atoms with Crippen molar-refractivity contribution in [1.29, 1.82) is 0 Å². The number of hydrogen-bond donors (Lipinski definition) is 2. The fourth-order valence-electron chi connectivity index (χ4n) is 3.93. The molecule has 3 aliphatic rings. The number of ketones is 1. The lowest BCUT2D eigenvalue weighted by Crippen LogP contribution is -2.65. The van der Waals surface area contributed by atoms with Crippen LogP contribution in [0.15, 0.2) is 29.8 Å². The highest BCUT2D eigenvalue weighted by atomic mass is 16.3. The zero-order chi connectivity index (χ0) is 14.7. The Morgan fingerprint density at radius 3 is 2.35 bits per heavy atom. The molecule has 1 aromatic carbocycles. The zero-order valence-electron chi connectivity index (χ0n) is 12.1. The summed E-state index contributed by atoms with van der Waals surface area (Å²) in [5, 5.41) is 19.9. The Labute approximate surface area is 118 Å². The van der Waals surface area contributed by atoms with Crippen LogP contribution in [0.1, 0.15) is 32.8 Å². The fourth-order valence-corrected chi connectivity index (χ4v) is 3.93. The first kappa shape index (κ1) is 13.4. The monoisotopic (exact) mass is 272 g/mol. The van der Waals surface area contributed by atoms with Crippen molar-refractivity contribution in [3.05, 3.63) is 35.4 Å². The second kappa shape index (κ2) is 3.95. The van der Waals surface area contributed by atoms with Gasteiger partial charge in [-0.3, -0.25) is 4.79 Å². The summed E-state index contributed by atoms with van der Waals surface area (Å²) in [5.41, 5.74) is 0.289. The third kappa shape index (κ3) is 1.66. The van der Waals surface area contributed by atoms with Crippen molar-refractivity contribution < 1.29 is 15.0 Å². The van der Waals surface area contributed by atoms with Crippen LogP contribution < -0.4 is 0 Å². The summed E-state index contributed by atoms with van der Waals surface area (Å²) in [4.78, 5) is 12.5. The van der Waals surface area contributed by atoms with Gasteiger partial charge in [0.25, 0.3) is 0 Å². The third-order valence-electron chi connectivity index (χ3n) is 5.26. The highest BCUT2D eigenvalue weighted by Crippen LogP contribution is 2.63. The summed E-state index contributed by atoms with van der Waals surface area (Å²) in [6, 6.07) is 6.77. The molecule has 0 spiro atoms. The Kier molecular flexibility index (Phi) is 2.64. The Hall–Kier alpha value is -1.61. The van der Waals surface area contributed by atoms with Crippen LogP contribution in [-0.4, -0.2) is 21.6 Å². The molecule has 3 atom stereocenters. The summed E-state index contributed by atoms with van der Waals surface area (Å²) in [6.45, 7) is 5.89. The number of rotatable bonds is 1. The van der Waals surface area contributed by atoms with Gasteiger partial charge in [0, 0.05) is 11.5 Å². The Bertz CT molecular complexity index is 593. The number of benzene rings is 1. The topological polar surface area (TPSA) is 57.5 Å². The molecule has 3 nitrogen and oxygen atoms in total. The standard InChI is InChI=1S/C17H20O3/c1-16(2)13-9-14(16)17(3,20)15(19)12(13)8-10-4-6-11(18)7-5-10/h4-8,13-14,18,20H,9H2,1-3H3. The summed E-state index contributed by atoms with van der Waals surface area (Å²) in [5.74, 6) is 0.322. The molecule has 0 aliphatic heterocycles. The lowest BCUT2D eigenvalue weighted by atomic mass is 9.42. The van der Waals surface area contributed by atoms with E-state index in [1.54, 1.807) is 31.2 Å². The van der Waals surface area contributed by atoms with Crippen molar-refractivity contribution in [2.45, 2.75) is 32.8 Å². The SMILES string of the molecule is CC1(O)C(=O)C(=Cc2ccc(O)cc2)C2CC1C2(C)C. The second-order valence-electron chi connectivity index (χ2n) is 6.83. The van der Waals surface area contributed by atoms with Crippen LogP contribution in [-0.2, 0) is 4.79 Å². The highest BCUT2D eigenvalue weighted by molar-refractivity contribution is 6.07. The van der Waals surface area contributed by atoms with Gasteiger partial charge in [-0.25, -0.2) is 0 Å². The van der Waals surface area contributed by atoms with Crippen LogP contribution in [0.4, 0.5) is 0 Å². The molecule has 3 aliphatic carbocycles. The van der Waals surface area contributed by atoms with Crippen molar-refractivity contribution >= 4 is 11.9 Å². The lowest BCUT2D eigenvalue weighted by molar-refractivity contribution is -0.180. The van der Waals surface area contributed by atoms with Crippen LogP contribution in [0.2, 0.25) is 0 Å². The van der Waals surface area contributed by atoms with Crippen molar-refractivity contribution in [3.8, 4) is 5.75 Å². The smallest absolute Gasteiger partial charge is 0.190 e. The van der Waals surface area contributed by atoms with E-state index >= 15 is 0 Å². The number of phenolic OH excluding ortho intramolecular Hbond substituents is 1. The normalized spacial score (nSPS) is 36.8. The molecule has 0 amide bonds. The number of aromatic hydroxyl groups is 1. The van der Waals surface area contributed by atoms with E-state index in [0.717, 1.165) is 12.0 Å². The van der Waals surface area contributed by atoms with Crippen LogP contribution in [0, 0.1) is 17.3 Å². The summed E-state index contributed by atoms with van der Waals surface area (Å²) >= 11 is 0. The van der Waals surface area contributed by atoms with Crippen LogP contribution in [0.25, 0.3) is 6.08 Å². The number of carbonyl (C=O) groups is 1.